The van der Waals surface area contributed by atoms with Gasteiger partial charge in [-0.2, -0.15) is 0 Å². The van der Waals surface area contributed by atoms with Crippen molar-refractivity contribution < 1.29 is 14.3 Å². The third-order valence-electron chi connectivity index (χ3n) is 2.05. The van der Waals surface area contributed by atoms with Crippen LogP contribution < -0.4 is 14.8 Å². The lowest BCUT2D eigenvalue weighted by Gasteiger charge is -2.12. The van der Waals surface area contributed by atoms with E-state index in [2.05, 4.69) is 5.32 Å². The standard InChI is InChI=1S/C12H14ClNO3/c1-4-5-12(15)14-9-7-10(16-2)8(13)6-11(9)17-3/h4-7H,1-3H3,(H,14,15). The number of anilines is 1. The molecule has 0 bridgehead atoms. The van der Waals surface area contributed by atoms with E-state index in [-0.39, 0.29) is 5.91 Å². The van der Waals surface area contributed by atoms with Crippen molar-refractivity contribution in [2.45, 2.75) is 6.92 Å². The molecule has 0 atom stereocenters. The molecular formula is C12H14ClNO3. The summed E-state index contributed by atoms with van der Waals surface area (Å²) in [4.78, 5) is 11.4. The van der Waals surface area contributed by atoms with Gasteiger partial charge < -0.3 is 14.8 Å². The summed E-state index contributed by atoms with van der Waals surface area (Å²) < 4.78 is 10.2. The highest BCUT2D eigenvalue weighted by molar-refractivity contribution is 6.32. The zero-order valence-electron chi connectivity index (χ0n) is 9.91. The second kappa shape index (κ2) is 6.15. The number of nitrogens with one attached hydrogen (secondary N) is 1. The Bertz CT molecular complexity index is 444. The Morgan fingerprint density at radius 2 is 1.94 bits per heavy atom. The molecule has 4 nitrogen and oxygen atoms in total. The maximum atomic E-state index is 11.4. The molecule has 1 aromatic rings. The van der Waals surface area contributed by atoms with Gasteiger partial charge in [0.05, 0.1) is 24.9 Å². The summed E-state index contributed by atoms with van der Waals surface area (Å²) in [5.74, 6) is 0.715. The van der Waals surface area contributed by atoms with Crippen molar-refractivity contribution in [3.8, 4) is 11.5 Å². The number of hydrogen-bond donors (Lipinski definition) is 1. The van der Waals surface area contributed by atoms with Crippen LogP contribution in [0.1, 0.15) is 6.92 Å². The molecule has 1 rings (SSSR count). The van der Waals surface area contributed by atoms with Crippen molar-refractivity contribution in [1.82, 2.24) is 0 Å². The van der Waals surface area contributed by atoms with E-state index in [4.69, 9.17) is 21.1 Å². The van der Waals surface area contributed by atoms with Gasteiger partial charge in [-0.25, -0.2) is 0 Å². The van der Waals surface area contributed by atoms with Gasteiger partial charge in [-0.05, 0) is 13.0 Å². The van der Waals surface area contributed by atoms with E-state index < -0.39 is 0 Å². The van der Waals surface area contributed by atoms with Crippen molar-refractivity contribution in [2.75, 3.05) is 19.5 Å². The third-order valence-corrected chi connectivity index (χ3v) is 2.35. The number of rotatable bonds is 4. The first-order valence-electron chi connectivity index (χ1n) is 4.97. The summed E-state index contributed by atoms with van der Waals surface area (Å²) in [5, 5.41) is 3.10. The molecule has 0 saturated carbocycles. The normalized spacial score (nSPS) is 10.4. The quantitative estimate of drug-likeness (QED) is 0.842. The van der Waals surface area contributed by atoms with Crippen LogP contribution in [0.3, 0.4) is 0 Å². The molecule has 92 valence electrons. The predicted octanol–water partition coefficient (Wildman–Crippen LogP) is 2.87. The molecule has 0 unspecified atom stereocenters. The first-order chi connectivity index (χ1) is 8.12. The van der Waals surface area contributed by atoms with E-state index in [1.807, 2.05) is 0 Å². The molecule has 0 aromatic heterocycles. The average molecular weight is 256 g/mol. The Hall–Kier alpha value is -1.68. The van der Waals surface area contributed by atoms with Crippen LogP contribution in [0.25, 0.3) is 0 Å². The van der Waals surface area contributed by atoms with Gasteiger partial charge in [-0.1, -0.05) is 17.7 Å². The molecule has 0 aliphatic heterocycles. The van der Waals surface area contributed by atoms with Crippen LogP contribution in [0, 0.1) is 0 Å². The molecule has 0 fully saturated rings. The fraction of sp³-hybridized carbons (Fsp3) is 0.250. The number of carbonyl (C=O) groups excluding carboxylic acids is 1. The van der Waals surface area contributed by atoms with Gasteiger partial charge in [0.2, 0.25) is 5.91 Å². The van der Waals surface area contributed by atoms with Gasteiger partial charge in [0, 0.05) is 12.1 Å². The summed E-state index contributed by atoms with van der Waals surface area (Å²) in [6.45, 7) is 1.76. The lowest BCUT2D eigenvalue weighted by molar-refractivity contribution is -0.111. The fourth-order valence-corrected chi connectivity index (χ4v) is 1.51. The summed E-state index contributed by atoms with van der Waals surface area (Å²) in [7, 11) is 3.01. The molecule has 0 aliphatic carbocycles. The monoisotopic (exact) mass is 255 g/mol. The predicted molar refractivity (Wildman–Crippen MR) is 68.0 cm³/mol. The van der Waals surface area contributed by atoms with Gasteiger partial charge in [-0.3, -0.25) is 4.79 Å². The van der Waals surface area contributed by atoms with Gasteiger partial charge in [0.1, 0.15) is 11.5 Å². The van der Waals surface area contributed by atoms with Crippen LogP contribution in [0.2, 0.25) is 5.02 Å². The van der Waals surface area contributed by atoms with E-state index in [1.165, 1.54) is 20.3 Å². The first kappa shape index (κ1) is 13.4. The highest BCUT2D eigenvalue weighted by Crippen LogP contribution is 2.35. The molecule has 5 heteroatoms. The second-order valence-corrected chi connectivity index (χ2v) is 3.58. The molecule has 1 N–H and O–H groups in total. The summed E-state index contributed by atoms with van der Waals surface area (Å²) in [6.07, 6.45) is 3.06. The molecule has 1 amide bonds. The number of halogens is 1. The first-order valence-corrected chi connectivity index (χ1v) is 5.35. The van der Waals surface area contributed by atoms with E-state index >= 15 is 0 Å². The van der Waals surface area contributed by atoms with E-state index in [0.29, 0.717) is 22.2 Å². The molecule has 1 aromatic carbocycles. The molecule has 0 radical (unpaired) electrons. The minimum atomic E-state index is -0.241. The topological polar surface area (TPSA) is 47.6 Å². The number of hydrogen-bond acceptors (Lipinski definition) is 3. The van der Waals surface area contributed by atoms with Crippen LogP contribution >= 0.6 is 11.6 Å². The number of benzene rings is 1. The molecule has 0 aliphatic rings. The van der Waals surface area contributed by atoms with Crippen LogP contribution in [-0.4, -0.2) is 20.1 Å². The van der Waals surface area contributed by atoms with Crippen molar-refractivity contribution in [2.24, 2.45) is 0 Å². The van der Waals surface area contributed by atoms with Crippen molar-refractivity contribution in [3.05, 3.63) is 29.3 Å². The maximum absolute atomic E-state index is 11.4. The summed E-state index contributed by atoms with van der Waals surface area (Å²) in [6, 6.07) is 3.20. The molecular weight excluding hydrogens is 242 g/mol. The van der Waals surface area contributed by atoms with Crippen LogP contribution in [0.5, 0.6) is 11.5 Å². The minimum Gasteiger partial charge on any atom is -0.495 e. The smallest absolute Gasteiger partial charge is 0.248 e. The molecule has 0 heterocycles. The van der Waals surface area contributed by atoms with Crippen molar-refractivity contribution >= 4 is 23.2 Å². The highest BCUT2D eigenvalue weighted by atomic mass is 35.5. The zero-order chi connectivity index (χ0) is 12.8. The number of methoxy groups -OCH3 is 2. The largest absolute Gasteiger partial charge is 0.495 e. The van der Waals surface area contributed by atoms with Crippen LogP contribution in [-0.2, 0) is 4.79 Å². The number of ether oxygens (including phenoxy) is 2. The number of carbonyl (C=O) groups is 1. The molecule has 17 heavy (non-hydrogen) atoms. The fourth-order valence-electron chi connectivity index (χ4n) is 1.28. The third kappa shape index (κ3) is 3.39. The average Bonchev–Trinajstić information content (AvgIpc) is 2.31. The second-order valence-electron chi connectivity index (χ2n) is 3.18. The van der Waals surface area contributed by atoms with Crippen molar-refractivity contribution in [3.63, 3.8) is 0 Å². The van der Waals surface area contributed by atoms with Gasteiger partial charge in [0.15, 0.2) is 0 Å². The van der Waals surface area contributed by atoms with E-state index in [0.717, 1.165) is 0 Å². The highest BCUT2D eigenvalue weighted by Gasteiger charge is 2.11. The molecule has 0 saturated heterocycles. The molecule has 0 spiro atoms. The minimum absolute atomic E-state index is 0.241. The van der Waals surface area contributed by atoms with Gasteiger partial charge in [0.25, 0.3) is 0 Å². The Kier molecular flexibility index (Phi) is 4.84. The lowest BCUT2D eigenvalue weighted by Crippen LogP contribution is -2.09. The number of amides is 1. The van der Waals surface area contributed by atoms with E-state index in [1.54, 1.807) is 25.1 Å². The van der Waals surface area contributed by atoms with Crippen molar-refractivity contribution in [1.29, 1.82) is 0 Å². The zero-order valence-corrected chi connectivity index (χ0v) is 10.7. The lowest BCUT2D eigenvalue weighted by atomic mass is 10.2. The van der Waals surface area contributed by atoms with Crippen LogP contribution in [0.15, 0.2) is 24.3 Å². The Morgan fingerprint density at radius 1 is 1.29 bits per heavy atom. The maximum Gasteiger partial charge on any atom is 0.248 e. The van der Waals surface area contributed by atoms with Gasteiger partial charge >= 0.3 is 0 Å². The Morgan fingerprint density at radius 3 is 2.47 bits per heavy atom. The Balaban J connectivity index is 3.08. The van der Waals surface area contributed by atoms with Gasteiger partial charge in [-0.15, -0.1) is 0 Å². The van der Waals surface area contributed by atoms with E-state index in [9.17, 15) is 4.79 Å². The summed E-state index contributed by atoms with van der Waals surface area (Å²) in [5.41, 5.74) is 0.511. The SMILES string of the molecule is CC=CC(=O)Nc1cc(OC)c(Cl)cc1OC. The van der Waals surface area contributed by atoms with Crippen LogP contribution in [0.4, 0.5) is 5.69 Å². The summed E-state index contributed by atoms with van der Waals surface area (Å²) >= 11 is 5.95. The Labute approximate surface area is 105 Å². The number of allylic oxidation sites excluding steroid dienone is 1.